The summed E-state index contributed by atoms with van der Waals surface area (Å²) in [6.45, 7) is 3.91. The van der Waals surface area contributed by atoms with Crippen LogP contribution in [0.25, 0.3) is 92.6 Å². The first-order valence-electron chi connectivity index (χ1n) is 15.1. The van der Waals surface area contributed by atoms with Crippen molar-refractivity contribution in [2.24, 2.45) is 0 Å². The predicted molar refractivity (Wildman–Crippen MR) is 184 cm³/mol. The van der Waals surface area contributed by atoms with Gasteiger partial charge in [0, 0.05) is 24.8 Å². The summed E-state index contributed by atoms with van der Waals surface area (Å²) >= 11 is 0. The van der Waals surface area contributed by atoms with Gasteiger partial charge < -0.3 is 0 Å². The fourth-order valence-electron chi connectivity index (χ4n) is 8.09. The van der Waals surface area contributed by atoms with E-state index in [9.17, 15) is 9.59 Å². The van der Waals surface area contributed by atoms with Crippen LogP contribution >= 0.6 is 0 Å². The Morgan fingerprint density at radius 3 is 1.40 bits per heavy atom. The summed E-state index contributed by atoms with van der Waals surface area (Å²) in [6, 6.07) is 26.9. The molecule has 210 valence electrons. The van der Waals surface area contributed by atoms with Gasteiger partial charge in [0.2, 0.25) is 0 Å². The van der Waals surface area contributed by atoms with Crippen LogP contribution in [0.5, 0.6) is 0 Å². The van der Waals surface area contributed by atoms with Crippen molar-refractivity contribution in [3.63, 3.8) is 0 Å². The van der Waals surface area contributed by atoms with Gasteiger partial charge in [-0.2, -0.15) is 0 Å². The van der Waals surface area contributed by atoms with E-state index in [4.69, 9.17) is 0 Å². The first-order chi connectivity index (χ1) is 22.0. The van der Waals surface area contributed by atoms with Gasteiger partial charge in [-0.05, 0) is 137 Å². The van der Waals surface area contributed by atoms with Crippen LogP contribution in [0.1, 0.15) is 11.1 Å². The molecule has 10 rings (SSSR count). The number of fused-ring (bicyclic) bond motifs is 3. The van der Waals surface area contributed by atoms with Crippen molar-refractivity contribution in [1.29, 1.82) is 0 Å². The predicted octanol–water partition coefficient (Wildman–Crippen LogP) is 8.61. The second kappa shape index (κ2) is 8.36. The van der Waals surface area contributed by atoms with Gasteiger partial charge in [0.05, 0.1) is 16.5 Å². The maximum Gasteiger partial charge on any atom is 0.266 e. The van der Waals surface area contributed by atoms with Crippen LogP contribution in [0.3, 0.4) is 0 Å². The second-order valence-corrected chi connectivity index (χ2v) is 12.2. The van der Waals surface area contributed by atoms with Crippen LogP contribution in [-0.4, -0.2) is 14.5 Å². The molecule has 0 saturated heterocycles. The molecule has 10 aromatic rings. The molecule has 0 unspecified atom stereocenters. The maximum absolute atomic E-state index is 14.7. The molecule has 0 spiro atoms. The summed E-state index contributed by atoms with van der Waals surface area (Å²) in [5, 5.41) is 11.6. The standard InChI is InChI=1S/C40H23N3O2/c1-20-4-3-5-21(2)38(20)43-39(44)36-29-18-27(22-10-14-41-15-11-22)25-8-6-24-7-9-26-28(23-12-16-42-17-13-23)19-30(37(36)40(43)45)35-33(26)31(24)32(25)34(29)35/h3-19H,1-2H3. The average Bonchev–Trinajstić information content (AvgIpc) is 3.56. The molecule has 0 aliphatic heterocycles. The molecule has 7 aromatic carbocycles. The number of pyridine rings is 2. The highest BCUT2D eigenvalue weighted by molar-refractivity contribution is 6.50. The number of nitrogens with zero attached hydrogens (tertiary/aromatic N) is 3. The SMILES string of the molecule is Cc1cccc(C)c1-n1c(=O)c2c3cc(-c4ccncc4)c4ccc5ccc6c(-c7ccncc7)cc(c2c1=O)c1c6c5c4c31. The largest absolute Gasteiger partial charge is 0.268 e. The van der Waals surface area contributed by atoms with Gasteiger partial charge in [0.25, 0.3) is 11.1 Å². The number of benzene rings is 6. The smallest absolute Gasteiger partial charge is 0.266 e. The summed E-state index contributed by atoms with van der Waals surface area (Å²) in [5.74, 6) is 0. The summed E-state index contributed by atoms with van der Waals surface area (Å²) in [6.07, 6.45) is 7.19. The zero-order valence-electron chi connectivity index (χ0n) is 24.5. The fraction of sp³-hybridized carbons (Fsp3) is 0.0500. The molecule has 0 atom stereocenters. The van der Waals surface area contributed by atoms with Gasteiger partial charge in [0.15, 0.2) is 0 Å². The summed E-state index contributed by atoms with van der Waals surface area (Å²) in [7, 11) is 0. The molecule has 0 aliphatic carbocycles. The zero-order valence-corrected chi connectivity index (χ0v) is 24.5. The Bertz CT molecular complexity index is 2720. The zero-order chi connectivity index (χ0) is 30.1. The Morgan fingerprint density at radius 1 is 0.489 bits per heavy atom. The lowest BCUT2D eigenvalue weighted by Crippen LogP contribution is -2.25. The van der Waals surface area contributed by atoms with Crippen molar-refractivity contribution in [2.45, 2.75) is 13.8 Å². The lowest BCUT2D eigenvalue weighted by molar-refractivity contribution is 0.965. The van der Waals surface area contributed by atoms with E-state index in [0.717, 1.165) is 81.9 Å². The average molecular weight is 578 g/mol. The molecular weight excluding hydrogens is 554 g/mol. The van der Waals surface area contributed by atoms with Crippen molar-refractivity contribution in [1.82, 2.24) is 14.5 Å². The highest BCUT2D eigenvalue weighted by Gasteiger charge is 2.30. The Kier molecular flexibility index (Phi) is 4.55. The number of hydrogen-bond donors (Lipinski definition) is 0. The van der Waals surface area contributed by atoms with Gasteiger partial charge in [-0.1, -0.05) is 42.5 Å². The van der Waals surface area contributed by atoms with Crippen molar-refractivity contribution in [3.8, 4) is 27.9 Å². The summed E-state index contributed by atoms with van der Waals surface area (Å²) < 4.78 is 1.41. The molecule has 3 heterocycles. The van der Waals surface area contributed by atoms with E-state index >= 15 is 0 Å². The third-order valence-corrected chi connectivity index (χ3v) is 9.90. The van der Waals surface area contributed by atoms with Crippen LogP contribution < -0.4 is 11.1 Å². The normalized spacial score (nSPS) is 12.4. The first-order valence-corrected chi connectivity index (χ1v) is 15.1. The fourth-order valence-corrected chi connectivity index (χ4v) is 8.09. The van der Waals surface area contributed by atoms with E-state index in [1.165, 1.54) is 9.95 Å². The monoisotopic (exact) mass is 577 g/mol. The topological polar surface area (TPSA) is 64.8 Å². The number of rotatable bonds is 3. The van der Waals surface area contributed by atoms with E-state index in [1.807, 2.05) is 56.3 Å². The second-order valence-electron chi connectivity index (χ2n) is 12.2. The lowest BCUT2D eigenvalue weighted by Gasteiger charge is -2.12. The Hall–Kier alpha value is -5.94. The summed E-state index contributed by atoms with van der Waals surface area (Å²) in [4.78, 5) is 38.0. The highest BCUT2D eigenvalue weighted by Crippen LogP contribution is 2.53. The third-order valence-electron chi connectivity index (χ3n) is 9.90. The minimum absolute atomic E-state index is 0.275. The number of aromatic nitrogens is 3. The minimum Gasteiger partial charge on any atom is -0.268 e. The molecular formula is C40H23N3O2. The molecule has 5 nitrogen and oxygen atoms in total. The van der Waals surface area contributed by atoms with E-state index in [1.54, 1.807) is 24.8 Å². The lowest BCUT2D eigenvalue weighted by atomic mass is 9.89. The van der Waals surface area contributed by atoms with E-state index in [2.05, 4.69) is 46.4 Å². The quantitative estimate of drug-likeness (QED) is 0.197. The van der Waals surface area contributed by atoms with Crippen LogP contribution in [0.2, 0.25) is 0 Å². The van der Waals surface area contributed by atoms with Gasteiger partial charge in [-0.3, -0.25) is 19.6 Å². The Morgan fingerprint density at radius 2 is 0.933 bits per heavy atom. The van der Waals surface area contributed by atoms with Gasteiger partial charge in [-0.15, -0.1) is 0 Å². The van der Waals surface area contributed by atoms with Gasteiger partial charge >= 0.3 is 0 Å². The van der Waals surface area contributed by atoms with Crippen LogP contribution in [0, 0.1) is 13.8 Å². The first kappa shape index (κ1) is 24.5. The molecule has 0 fully saturated rings. The van der Waals surface area contributed by atoms with Crippen molar-refractivity contribution in [2.75, 3.05) is 0 Å². The highest BCUT2D eigenvalue weighted by atomic mass is 16.2. The van der Waals surface area contributed by atoms with Crippen molar-refractivity contribution in [3.05, 3.63) is 135 Å². The van der Waals surface area contributed by atoms with Crippen LogP contribution in [-0.2, 0) is 0 Å². The third kappa shape index (κ3) is 2.93. The molecule has 0 saturated carbocycles. The molecule has 5 heteroatoms. The Labute approximate surface area is 256 Å². The van der Waals surface area contributed by atoms with Crippen LogP contribution in [0.15, 0.2) is 113 Å². The van der Waals surface area contributed by atoms with Gasteiger partial charge in [-0.25, -0.2) is 4.57 Å². The van der Waals surface area contributed by atoms with E-state index in [0.29, 0.717) is 16.5 Å². The molecule has 0 bridgehead atoms. The molecule has 0 N–H and O–H groups in total. The minimum atomic E-state index is -0.275. The molecule has 0 radical (unpaired) electrons. The van der Waals surface area contributed by atoms with Crippen LogP contribution in [0.4, 0.5) is 0 Å². The molecule has 0 amide bonds. The van der Waals surface area contributed by atoms with E-state index < -0.39 is 0 Å². The van der Waals surface area contributed by atoms with E-state index in [-0.39, 0.29) is 11.1 Å². The molecule has 45 heavy (non-hydrogen) atoms. The van der Waals surface area contributed by atoms with Gasteiger partial charge in [0.1, 0.15) is 0 Å². The van der Waals surface area contributed by atoms with Crippen molar-refractivity contribution < 1.29 is 0 Å². The number of aryl methyl sites for hydroxylation is 2. The Balaban J connectivity index is 1.55. The molecule has 3 aromatic heterocycles. The maximum atomic E-state index is 14.7. The molecule has 0 aliphatic rings. The number of para-hydroxylation sites is 1. The summed E-state index contributed by atoms with van der Waals surface area (Å²) in [5.41, 5.74) is 5.97. The number of hydrogen-bond acceptors (Lipinski definition) is 4. The van der Waals surface area contributed by atoms with Crippen molar-refractivity contribution >= 4 is 64.6 Å².